The smallest absolute Gasteiger partial charge is 0.0591 e. The third-order valence-electron chi connectivity index (χ3n) is 5.01. The van der Waals surface area contributed by atoms with Crippen molar-refractivity contribution in [2.24, 2.45) is 0 Å². The topological polar surface area (TPSA) is 4.93 Å². The van der Waals surface area contributed by atoms with Gasteiger partial charge >= 0.3 is 0 Å². The van der Waals surface area contributed by atoms with Crippen molar-refractivity contribution in [3.05, 3.63) is 70.9 Å². The van der Waals surface area contributed by atoms with E-state index in [4.69, 9.17) is 0 Å². The zero-order valence-corrected chi connectivity index (χ0v) is 14.4. The molecule has 0 amide bonds. The number of rotatable bonds is 3. The highest BCUT2D eigenvalue weighted by Gasteiger charge is 2.26. The molecule has 0 bridgehead atoms. The first-order valence-corrected chi connectivity index (χ1v) is 9.15. The second kappa shape index (κ2) is 5.58. The van der Waals surface area contributed by atoms with Gasteiger partial charge in [-0.25, -0.2) is 0 Å². The van der Waals surface area contributed by atoms with Crippen LogP contribution in [-0.2, 0) is 12.8 Å². The van der Waals surface area contributed by atoms with Gasteiger partial charge in [-0.15, -0.1) is 0 Å². The Labute approximate surface area is 140 Å². The van der Waals surface area contributed by atoms with E-state index < -0.39 is 0 Å². The number of para-hydroxylation sites is 1. The van der Waals surface area contributed by atoms with Crippen LogP contribution >= 0.6 is 15.9 Å². The molecule has 2 heteroatoms. The molecule has 0 radical (unpaired) electrons. The van der Waals surface area contributed by atoms with Crippen LogP contribution in [0.1, 0.15) is 34.8 Å². The summed E-state index contributed by atoms with van der Waals surface area (Å²) < 4.78 is 2.60. The molecule has 3 aromatic rings. The fourth-order valence-corrected chi connectivity index (χ4v) is 4.44. The standard InChI is InChI=1S/C20H20BrN/c1-14-17(12-13-21)18-9-5-8-16-10-11-19(22(14)20(16)18)15-6-3-2-4-7-15/h2-9,19H,10-13H2,1H3. The summed E-state index contributed by atoms with van der Waals surface area (Å²) in [6.07, 6.45) is 3.47. The Morgan fingerprint density at radius 2 is 1.91 bits per heavy atom. The molecule has 0 aliphatic carbocycles. The molecule has 0 N–H and O–H groups in total. The highest BCUT2D eigenvalue weighted by molar-refractivity contribution is 9.09. The van der Waals surface area contributed by atoms with E-state index in [0.717, 1.165) is 11.8 Å². The van der Waals surface area contributed by atoms with Crippen molar-refractivity contribution in [2.45, 2.75) is 32.2 Å². The van der Waals surface area contributed by atoms with Crippen LogP contribution in [-0.4, -0.2) is 9.90 Å². The first kappa shape index (κ1) is 14.1. The zero-order valence-electron chi connectivity index (χ0n) is 12.8. The van der Waals surface area contributed by atoms with E-state index in [-0.39, 0.29) is 0 Å². The Kier molecular flexibility index (Phi) is 3.57. The van der Waals surface area contributed by atoms with Crippen molar-refractivity contribution < 1.29 is 0 Å². The Bertz CT molecular complexity index is 817. The van der Waals surface area contributed by atoms with Crippen molar-refractivity contribution >= 4 is 26.8 Å². The number of benzene rings is 2. The maximum atomic E-state index is 3.62. The maximum absolute atomic E-state index is 3.62. The van der Waals surface area contributed by atoms with Crippen LogP contribution in [0.25, 0.3) is 10.9 Å². The fraction of sp³-hybridized carbons (Fsp3) is 0.300. The summed E-state index contributed by atoms with van der Waals surface area (Å²) in [5, 5.41) is 2.47. The molecule has 1 aliphatic heterocycles. The van der Waals surface area contributed by atoms with Gasteiger partial charge in [-0.1, -0.05) is 64.5 Å². The molecule has 1 atom stereocenters. The SMILES string of the molecule is Cc1c(CCBr)c2cccc3c2n1C(c1ccccc1)CC3. The van der Waals surface area contributed by atoms with Crippen molar-refractivity contribution in [2.75, 3.05) is 5.33 Å². The van der Waals surface area contributed by atoms with E-state index in [1.807, 2.05) is 0 Å². The minimum atomic E-state index is 0.475. The van der Waals surface area contributed by atoms with E-state index >= 15 is 0 Å². The van der Waals surface area contributed by atoms with Crippen LogP contribution in [0, 0.1) is 6.92 Å². The molecule has 22 heavy (non-hydrogen) atoms. The van der Waals surface area contributed by atoms with Crippen LogP contribution in [0.15, 0.2) is 48.5 Å². The summed E-state index contributed by atoms with van der Waals surface area (Å²) in [6, 6.07) is 18.3. The number of alkyl halides is 1. The first-order chi connectivity index (χ1) is 10.8. The average molecular weight is 354 g/mol. The molecule has 1 unspecified atom stereocenters. The first-order valence-electron chi connectivity index (χ1n) is 8.03. The predicted octanol–water partition coefficient (Wildman–Crippen LogP) is 5.42. The van der Waals surface area contributed by atoms with Crippen LogP contribution in [0.4, 0.5) is 0 Å². The van der Waals surface area contributed by atoms with Gasteiger partial charge in [0.2, 0.25) is 0 Å². The number of nitrogens with zero attached hydrogens (tertiary/aromatic N) is 1. The van der Waals surface area contributed by atoms with Crippen molar-refractivity contribution in [3.63, 3.8) is 0 Å². The molecule has 0 spiro atoms. The van der Waals surface area contributed by atoms with Gasteiger partial charge in [0.25, 0.3) is 0 Å². The molecule has 112 valence electrons. The molecule has 1 nitrogen and oxygen atoms in total. The van der Waals surface area contributed by atoms with Crippen LogP contribution in [0.3, 0.4) is 0 Å². The molecule has 2 heterocycles. The molecule has 0 saturated carbocycles. The van der Waals surface area contributed by atoms with Crippen molar-refractivity contribution in [1.29, 1.82) is 0 Å². The lowest BCUT2D eigenvalue weighted by molar-refractivity contribution is 0.525. The zero-order chi connectivity index (χ0) is 15.1. The number of halogens is 1. The maximum Gasteiger partial charge on any atom is 0.0591 e. The van der Waals surface area contributed by atoms with Gasteiger partial charge in [0.05, 0.1) is 11.6 Å². The van der Waals surface area contributed by atoms with Crippen LogP contribution in [0.5, 0.6) is 0 Å². The fourth-order valence-electron chi connectivity index (χ4n) is 4.04. The van der Waals surface area contributed by atoms with E-state index in [9.17, 15) is 0 Å². The summed E-state index contributed by atoms with van der Waals surface area (Å²) >= 11 is 3.62. The third-order valence-corrected chi connectivity index (χ3v) is 5.41. The lowest BCUT2D eigenvalue weighted by Crippen LogP contribution is -2.18. The molecule has 2 aromatic carbocycles. The second-order valence-corrected chi connectivity index (χ2v) is 6.94. The third kappa shape index (κ3) is 2.04. The highest BCUT2D eigenvalue weighted by atomic mass is 79.9. The minimum absolute atomic E-state index is 0.475. The van der Waals surface area contributed by atoms with Crippen molar-refractivity contribution in [3.8, 4) is 0 Å². The van der Waals surface area contributed by atoms with Gasteiger partial charge in [0.1, 0.15) is 0 Å². The molecule has 0 fully saturated rings. The predicted molar refractivity (Wildman–Crippen MR) is 97.1 cm³/mol. The van der Waals surface area contributed by atoms with E-state index in [0.29, 0.717) is 6.04 Å². The minimum Gasteiger partial charge on any atom is -0.337 e. The van der Waals surface area contributed by atoms with Gasteiger partial charge in [0, 0.05) is 16.4 Å². The van der Waals surface area contributed by atoms with Gasteiger partial charge in [-0.3, -0.25) is 0 Å². The van der Waals surface area contributed by atoms with Gasteiger partial charge in [-0.05, 0) is 42.9 Å². The number of aromatic nitrogens is 1. The Morgan fingerprint density at radius 3 is 2.68 bits per heavy atom. The average Bonchev–Trinajstić information content (AvgIpc) is 2.85. The van der Waals surface area contributed by atoms with E-state index in [1.165, 1.54) is 46.1 Å². The summed E-state index contributed by atoms with van der Waals surface area (Å²) in [4.78, 5) is 0. The van der Waals surface area contributed by atoms with E-state index in [1.54, 1.807) is 0 Å². The molecule has 1 aliphatic rings. The lowest BCUT2D eigenvalue weighted by atomic mass is 9.94. The normalized spacial score (nSPS) is 17.1. The van der Waals surface area contributed by atoms with Gasteiger partial charge < -0.3 is 4.57 Å². The van der Waals surface area contributed by atoms with Crippen LogP contribution < -0.4 is 0 Å². The second-order valence-electron chi connectivity index (χ2n) is 6.15. The molecule has 1 aromatic heterocycles. The number of aryl methyl sites for hydroxylation is 2. The summed E-state index contributed by atoms with van der Waals surface area (Å²) in [5.74, 6) is 0. The number of hydrogen-bond donors (Lipinski definition) is 0. The lowest BCUT2D eigenvalue weighted by Gasteiger charge is -2.28. The van der Waals surface area contributed by atoms with Gasteiger partial charge in [0.15, 0.2) is 0 Å². The largest absolute Gasteiger partial charge is 0.337 e. The number of hydrogen-bond acceptors (Lipinski definition) is 0. The van der Waals surface area contributed by atoms with Crippen LogP contribution in [0.2, 0.25) is 0 Å². The van der Waals surface area contributed by atoms with Crippen molar-refractivity contribution in [1.82, 2.24) is 4.57 Å². The summed E-state index contributed by atoms with van der Waals surface area (Å²) in [6.45, 7) is 2.29. The van der Waals surface area contributed by atoms with E-state index in [2.05, 4.69) is 76.0 Å². The Balaban J connectivity index is 1.99. The van der Waals surface area contributed by atoms with Gasteiger partial charge in [-0.2, -0.15) is 0 Å². The Hall–Kier alpha value is -1.54. The Morgan fingerprint density at radius 1 is 1.09 bits per heavy atom. The molecular formula is C20H20BrN. The highest BCUT2D eigenvalue weighted by Crippen LogP contribution is 2.40. The molecule has 4 rings (SSSR count). The quantitative estimate of drug-likeness (QED) is 0.553. The summed E-state index contributed by atoms with van der Waals surface area (Å²) in [7, 11) is 0. The molecule has 0 saturated heterocycles. The molecular weight excluding hydrogens is 334 g/mol. The monoisotopic (exact) mass is 353 g/mol. The summed E-state index contributed by atoms with van der Waals surface area (Å²) in [5.41, 5.74) is 7.36.